The second-order valence-corrected chi connectivity index (χ2v) is 8.61. The number of thiophene rings is 1. The third-order valence-corrected chi connectivity index (χ3v) is 6.86. The standard InChI is InChI=1S/C19H13FIS/c1-12-2-8-18-16(10-12)17-11-14(21)5-9-19(17)22(18)15-6-3-13(20)4-7-15/h2-11H,1H3/q+1. The maximum absolute atomic E-state index is 13.3. The van der Waals surface area contributed by atoms with Gasteiger partial charge in [-0.05, 0) is 72.0 Å². The van der Waals surface area contributed by atoms with Crippen molar-refractivity contribution in [3.63, 3.8) is 0 Å². The first-order valence-electron chi connectivity index (χ1n) is 7.04. The molecular formula is C19H13FIS+. The van der Waals surface area contributed by atoms with Gasteiger partial charge in [-0.2, -0.15) is 0 Å². The van der Waals surface area contributed by atoms with Crippen molar-refractivity contribution in [3.05, 3.63) is 75.6 Å². The second-order valence-electron chi connectivity index (χ2n) is 5.40. The van der Waals surface area contributed by atoms with Crippen molar-refractivity contribution in [2.24, 2.45) is 0 Å². The monoisotopic (exact) mass is 419 g/mol. The van der Waals surface area contributed by atoms with Crippen LogP contribution in [0.5, 0.6) is 0 Å². The maximum atomic E-state index is 13.3. The Morgan fingerprint density at radius 1 is 0.818 bits per heavy atom. The fourth-order valence-electron chi connectivity index (χ4n) is 2.87. The molecule has 0 aliphatic rings. The fraction of sp³-hybridized carbons (Fsp3) is 0.0526. The molecule has 0 aliphatic carbocycles. The Morgan fingerprint density at radius 2 is 1.45 bits per heavy atom. The number of rotatable bonds is 1. The summed E-state index contributed by atoms with van der Waals surface area (Å²) in [6.07, 6.45) is 0. The van der Waals surface area contributed by atoms with Crippen LogP contribution in [0.4, 0.5) is 4.39 Å². The van der Waals surface area contributed by atoms with Crippen LogP contribution in [0, 0.1) is 16.3 Å². The van der Waals surface area contributed by atoms with Gasteiger partial charge in [-0.15, -0.1) is 0 Å². The van der Waals surface area contributed by atoms with Gasteiger partial charge in [0, 0.05) is 36.9 Å². The van der Waals surface area contributed by atoms with Gasteiger partial charge in [0.1, 0.15) is 5.82 Å². The van der Waals surface area contributed by atoms with Crippen molar-refractivity contribution in [1.29, 1.82) is 0 Å². The van der Waals surface area contributed by atoms with Gasteiger partial charge in [0.2, 0.25) is 0 Å². The highest BCUT2D eigenvalue weighted by atomic mass is 127. The molecule has 0 fully saturated rings. The van der Waals surface area contributed by atoms with Crippen LogP contribution in [0.2, 0.25) is 0 Å². The summed E-state index contributed by atoms with van der Waals surface area (Å²) in [5.41, 5.74) is 1.27. The van der Waals surface area contributed by atoms with E-state index in [2.05, 4.69) is 65.9 Å². The van der Waals surface area contributed by atoms with Gasteiger partial charge in [0.15, 0.2) is 14.3 Å². The number of halogens is 2. The predicted molar refractivity (Wildman–Crippen MR) is 103 cm³/mol. The normalized spacial score (nSPS) is 12.2. The molecule has 0 saturated heterocycles. The molecule has 1 atom stereocenters. The summed E-state index contributed by atoms with van der Waals surface area (Å²) in [7, 11) is -0.135. The van der Waals surface area contributed by atoms with E-state index in [9.17, 15) is 4.39 Å². The van der Waals surface area contributed by atoms with E-state index < -0.39 is 0 Å². The Bertz CT molecular complexity index is 940. The fourth-order valence-corrected chi connectivity index (χ4v) is 5.70. The van der Waals surface area contributed by atoms with Gasteiger partial charge in [-0.25, -0.2) is 4.39 Å². The zero-order valence-corrected chi connectivity index (χ0v) is 14.9. The molecule has 0 nitrogen and oxygen atoms in total. The van der Waals surface area contributed by atoms with Crippen LogP contribution in [-0.4, -0.2) is 0 Å². The van der Waals surface area contributed by atoms with E-state index in [1.54, 1.807) is 12.1 Å². The topological polar surface area (TPSA) is 0 Å². The molecule has 4 rings (SSSR count). The van der Waals surface area contributed by atoms with E-state index >= 15 is 0 Å². The number of hydrogen-bond acceptors (Lipinski definition) is 0. The molecule has 0 spiro atoms. The molecule has 3 aromatic carbocycles. The summed E-state index contributed by atoms with van der Waals surface area (Å²) in [6.45, 7) is 2.13. The SMILES string of the molecule is Cc1ccc2c(c1)c1cc(I)ccc1[s+]2-c1ccc(F)cc1. The highest BCUT2D eigenvalue weighted by molar-refractivity contribution is 14.1. The van der Waals surface area contributed by atoms with Crippen LogP contribution in [0.1, 0.15) is 5.56 Å². The van der Waals surface area contributed by atoms with Crippen LogP contribution < -0.4 is 0 Å². The van der Waals surface area contributed by atoms with E-state index in [1.165, 1.54) is 34.2 Å². The number of fused-ring (bicyclic) bond motifs is 3. The summed E-state index contributed by atoms with van der Waals surface area (Å²) in [4.78, 5) is 1.17. The molecule has 0 bridgehead atoms. The summed E-state index contributed by atoms with van der Waals surface area (Å²) < 4.78 is 17.2. The lowest BCUT2D eigenvalue weighted by atomic mass is 10.1. The maximum Gasteiger partial charge on any atom is 0.187 e. The van der Waals surface area contributed by atoms with Gasteiger partial charge in [-0.3, -0.25) is 0 Å². The van der Waals surface area contributed by atoms with Crippen LogP contribution in [0.3, 0.4) is 0 Å². The molecule has 0 N–H and O–H groups in total. The third kappa shape index (κ3) is 2.23. The summed E-state index contributed by atoms with van der Waals surface area (Å²) in [6, 6.07) is 20.2. The first kappa shape index (κ1) is 14.2. The predicted octanol–water partition coefficient (Wildman–Crippen LogP) is 6.78. The van der Waals surface area contributed by atoms with E-state index in [0.717, 1.165) is 0 Å². The van der Waals surface area contributed by atoms with Crippen LogP contribution >= 0.6 is 33.1 Å². The second kappa shape index (κ2) is 5.32. The molecule has 0 amide bonds. The zero-order valence-electron chi connectivity index (χ0n) is 11.9. The van der Waals surface area contributed by atoms with Crippen LogP contribution in [0.25, 0.3) is 25.1 Å². The average Bonchev–Trinajstić information content (AvgIpc) is 2.81. The molecule has 1 aromatic heterocycles. The molecule has 0 saturated carbocycles. The van der Waals surface area contributed by atoms with Gasteiger partial charge in [0.25, 0.3) is 0 Å². The average molecular weight is 419 g/mol. The highest BCUT2D eigenvalue weighted by Gasteiger charge is 2.23. The van der Waals surface area contributed by atoms with Crippen LogP contribution in [-0.2, 0) is 0 Å². The summed E-state index contributed by atoms with van der Waals surface area (Å²) >= 11 is 2.36. The van der Waals surface area contributed by atoms with E-state index in [-0.39, 0.29) is 16.3 Å². The van der Waals surface area contributed by atoms with Crippen molar-refractivity contribution in [3.8, 4) is 4.90 Å². The third-order valence-electron chi connectivity index (χ3n) is 3.86. The minimum Gasteiger partial charge on any atom is -0.207 e. The first-order chi connectivity index (χ1) is 10.6. The molecule has 0 radical (unpaired) electrons. The molecule has 0 aliphatic heterocycles. The Balaban J connectivity index is 2.17. The molecule has 22 heavy (non-hydrogen) atoms. The number of aryl methyl sites for hydroxylation is 1. The van der Waals surface area contributed by atoms with Gasteiger partial charge in [0.05, 0.1) is 0 Å². The van der Waals surface area contributed by atoms with E-state index in [1.807, 2.05) is 12.1 Å². The highest BCUT2D eigenvalue weighted by Crippen LogP contribution is 2.48. The number of hydrogen-bond donors (Lipinski definition) is 0. The molecule has 1 unspecified atom stereocenters. The minimum atomic E-state index is -0.182. The Hall–Kier alpha value is -1.46. The van der Waals surface area contributed by atoms with Crippen molar-refractivity contribution in [2.75, 3.05) is 0 Å². The van der Waals surface area contributed by atoms with Gasteiger partial charge in [-0.1, -0.05) is 11.6 Å². The molecule has 3 heteroatoms. The van der Waals surface area contributed by atoms with Crippen molar-refractivity contribution < 1.29 is 4.39 Å². The number of benzene rings is 3. The van der Waals surface area contributed by atoms with E-state index in [0.29, 0.717) is 0 Å². The van der Waals surface area contributed by atoms with Gasteiger partial charge < -0.3 is 0 Å². The van der Waals surface area contributed by atoms with Crippen molar-refractivity contribution >= 4 is 53.2 Å². The lowest BCUT2D eigenvalue weighted by Crippen LogP contribution is -1.74. The largest absolute Gasteiger partial charge is 0.207 e. The first-order valence-corrected chi connectivity index (χ1v) is 9.34. The van der Waals surface area contributed by atoms with Crippen molar-refractivity contribution in [1.82, 2.24) is 0 Å². The molecule has 108 valence electrons. The molecular weight excluding hydrogens is 406 g/mol. The quantitative estimate of drug-likeness (QED) is 0.236. The van der Waals surface area contributed by atoms with Crippen molar-refractivity contribution in [2.45, 2.75) is 6.92 Å². The van der Waals surface area contributed by atoms with Gasteiger partial charge >= 0.3 is 0 Å². The Labute approximate surface area is 144 Å². The lowest BCUT2D eigenvalue weighted by molar-refractivity contribution is 0.628. The zero-order chi connectivity index (χ0) is 15.3. The van der Waals surface area contributed by atoms with E-state index in [4.69, 9.17) is 0 Å². The summed E-state index contributed by atoms with van der Waals surface area (Å²) in [5.74, 6) is -0.182. The minimum absolute atomic E-state index is 0.135. The van der Waals surface area contributed by atoms with Crippen LogP contribution in [0.15, 0.2) is 60.7 Å². The lowest BCUT2D eigenvalue weighted by Gasteiger charge is -1.94. The summed E-state index contributed by atoms with van der Waals surface area (Å²) in [5, 5.41) is 2.64. The Morgan fingerprint density at radius 3 is 2.18 bits per heavy atom. The molecule has 1 heterocycles. The smallest absolute Gasteiger partial charge is 0.187 e. The Kier molecular flexibility index (Phi) is 3.42. The molecule has 4 aromatic rings.